The van der Waals surface area contributed by atoms with Gasteiger partial charge in [0, 0.05) is 29.6 Å². The molecule has 2 aromatic carbocycles. The van der Waals surface area contributed by atoms with Gasteiger partial charge in [-0.25, -0.2) is 9.97 Å². The summed E-state index contributed by atoms with van der Waals surface area (Å²) >= 11 is 0. The Morgan fingerprint density at radius 1 is 0.938 bits per heavy atom. The summed E-state index contributed by atoms with van der Waals surface area (Å²) in [6.07, 6.45) is 5.95. The molecule has 0 radical (unpaired) electrons. The van der Waals surface area contributed by atoms with Crippen LogP contribution in [-0.4, -0.2) is 29.0 Å². The molecule has 3 aliphatic rings. The third kappa shape index (κ3) is 2.99. The second-order valence-corrected chi connectivity index (χ2v) is 9.34. The quantitative estimate of drug-likeness (QED) is 0.619. The summed E-state index contributed by atoms with van der Waals surface area (Å²) in [5, 5.41) is 3.41. The number of anilines is 2. The highest BCUT2D eigenvalue weighted by molar-refractivity contribution is 5.54. The van der Waals surface area contributed by atoms with Gasteiger partial charge in [-0.3, -0.25) is 0 Å². The smallest absolute Gasteiger partial charge is 0.227 e. The first-order valence-electron chi connectivity index (χ1n) is 11.7. The fraction of sp³-hybridized carbons (Fsp3) is 0.407. The van der Waals surface area contributed by atoms with Gasteiger partial charge in [0.05, 0.1) is 18.9 Å². The molecule has 2 aliphatic carbocycles. The molecule has 1 saturated heterocycles. The maximum atomic E-state index is 6.25. The van der Waals surface area contributed by atoms with E-state index >= 15 is 0 Å². The lowest BCUT2D eigenvalue weighted by Gasteiger charge is -2.55. The number of rotatable bonds is 3. The second-order valence-electron chi connectivity index (χ2n) is 9.34. The van der Waals surface area contributed by atoms with Gasteiger partial charge < -0.3 is 14.8 Å². The van der Waals surface area contributed by atoms with Crippen molar-refractivity contribution in [3.63, 3.8) is 0 Å². The van der Waals surface area contributed by atoms with Crippen molar-refractivity contribution in [3.8, 4) is 0 Å². The van der Waals surface area contributed by atoms with E-state index in [9.17, 15) is 0 Å². The fourth-order valence-electron chi connectivity index (χ4n) is 6.41. The number of nitrogens with zero attached hydrogens (tertiary/aromatic N) is 2. The minimum absolute atomic E-state index is 0.162. The Morgan fingerprint density at radius 2 is 1.66 bits per heavy atom. The van der Waals surface area contributed by atoms with Gasteiger partial charge in [-0.15, -0.1) is 0 Å². The summed E-state index contributed by atoms with van der Waals surface area (Å²) in [6.45, 7) is 3.71. The number of hydrogen-bond donors (Lipinski definition) is 1. The van der Waals surface area contributed by atoms with Crippen LogP contribution in [0, 0.1) is 11.8 Å². The topological polar surface area (TPSA) is 56.3 Å². The molecule has 2 fully saturated rings. The number of hydrogen-bond acceptors (Lipinski definition) is 5. The number of fused-ring (bicyclic) bond motifs is 3. The molecule has 0 bridgehead atoms. The molecular formula is C27H29N3O2. The summed E-state index contributed by atoms with van der Waals surface area (Å²) < 4.78 is 12.5. The first-order chi connectivity index (χ1) is 15.7. The van der Waals surface area contributed by atoms with Crippen molar-refractivity contribution >= 4 is 11.6 Å². The molecule has 164 valence electrons. The lowest BCUT2D eigenvalue weighted by atomic mass is 9.52. The Kier molecular flexibility index (Phi) is 4.77. The van der Waals surface area contributed by atoms with Crippen LogP contribution in [0.5, 0.6) is 0 Å². The molecule has 5 heteroatoms. The molecular weight excluding hydrogens is 398 g/mol. The van der Waals surface area contributed by atoms with Crippen molar-refractivity contribution < 1.29 is 9.47 Å². The predicted molar refractivity (Wildman–Crippen MR) is 124 cm³/mol. The second kappa shape index (κ2) is 7.68. The van der Waals surface area contributed by atoms with Crippen LogP contribution < -0.4 is 5.32 Å². The van der Waals surface area contributed by atoms with E-state index in [1.165, 1.54) is 16.8 Å². The van der Waals surface area contributed by atoms with Gasteiger partial charge >= 0.3 is 0 Å². The minimum atomic E-state index is -0.446. The summed E-state index contributed by atoms with van der Waals surface area (Å²) in [7, 11) is 0. The van der Waals surface area contributed by atoms with Crippen LogP contribution in [0.25, 0.3) is 0 Å². The van der Waals surface area contributed by atoms with Gasteiger partial charge in [-0.05, 0) is 48.4 Å². The van der Waals surface area contributed by atoms with Crippen molar-refractivity contribution in [1.29, 1.82) is 0 Å². The van der Waals surface area contributed by atoms with Gasteiger partial charge in [-0.2, -0.15) is 0 Å². The molecule has 1 saturated carbocycles. The van der Waals surface area contributed by atoms with Crippen molar-refractivity contribution in [2.75, 3.05) is 18.5 Å². The molecule has 3 aromatic rings. The fourth-order valence-corrected chi connectivity index (χ4v) is 6.41. The summed E-state index contributed by atoms with van der Waals surface area (Å²) in [5.41, 5.74) is 4.62. The highest BCUT2D eigenvalue weighted by Gasteiger charge is 2.60. The number of para-hydroxylation sites is 1. The molecule has 1 spiro atoms. The van der Waals surface area contributed by atoms with Crippen molar-refractivity contribution in [2.24, 2.45) is 11.8 Å². The molecule has 0 amide bonds. The number of aryl methyl sites for hydroxylation is 1. The van der Waals surface area contributed by atoms with Crippen LogP contribution in [0.15, 0.2) is 66.9 Å². The van der Waals surface area contributed by atoms with Gasteiger partial charge in [0.1, 0.15) is 0 Å². The predicted octanol–water partition coefficient (Wildman–Crippen LogP) is 5.24. The lowest BCUT2D eigenvalue weighted by molar-refractivity contribution is -0.232. The van der Waals surface area contributed by atoms with Crippen LogP contribution in [-0.2, 0) is 21.3 Å². The number of nitrogens with one attached hydrogen (secondary N) is 1. The molecule has 32 heavy (non-hydrogen) atoms. The van der Waals surface area contributed by atoms with Crippen molar-refractivity contribution in [3.05, 3.63) is 83.7 Å². The van der Waals surface area contributed by atoms with Crippen LogP contribution in [0.1, 0.15) is 43.0 Å². The molecule has 1 unspecified atom stereocenters. The van der Waals surface area contributed by atoms with Gasteiger partial charge in [0.25, 0.3) is 0 Å². The highest BCUT2D eigenvalue weighted by Crippen LogP contribution is 2.59. The molecule has 3 atom stereocenters. The van der Waals surface area contributed by atoms with Gasteiger partial charge in [0.2, 0.25) is 5.95 Å². The Morgan fingerprint density at radius 3 is 2.41 bits per heavy atom. The molecule has 5 nitrogen and oxygen atoms in total. The van der Waals surface area contributed by atoms with Gasteiger partial charge in [-0.1, -0.05) is 55.5 Å². The number of aromatic nitrogens is 2. The van der Waals surface area contributed by atoms with E-state index in [4.69, 9.17) is 14.5 Å². The monoisotopic (exact) mass is 427 g/mol. The molecule has 1 aliphatic heterocycles. The molecule has 1 aromatic heterocycles. The number of ether oxygens (including phenoxy) is 2. The third-order valence-corrected chi connectivity index (χ3v) is 7.90. The zero-order valence-electron chi connectivity index (χ0n) is 18.5. The molecule has 2 heterocycles. The van der Waals surface area contributed by atoms with E-state index in [-0.39, 0.29) is 11.3 Å². The Hall–Kier alpha value is -2.76. The molecule has 1 N–H and O–H groups in total. The zero-order chi connectivity index (χ0) is 21.6. The molecule has 6 rings (SSSR count). The summed E-state index contributed by atoms with van der Waals surface area (Å²) in [6, 6.07) is 21.1. The van der Waals surface area contributed by atoms with E-state index in [1.807, 2.05) is 36.5 Å². The van der Waals surface area contributed by atoms with Crippen LogP contribution >= 0.6 is 0 Å². The average Bonchev–Trinajstić information content (AvgIpc) is 3.32. The van der Waals surface area contributed by atoms with E-state index in [0.29, 0.717) is 25.1 Å². The van der Waals surface area contributed by atoms with E-state index in [0.717, 1.165) is 31.4 Å². The number of benzene rings is 2. The van der Waals surface area contributed by atoms with Crippen LogP contribution in [0.3, 0.4) is 0 Å². The van der Waals surface area contributed by atoms with Crippen LogP contribution in [0.4, 0.5) is 11.6 Å². The van der Waals surface area contributed by atoms with Gasteiger partial charge in [0.15, 0.2) is 5.79 Å². The van der Waals surface area contributed by atoms with Crippen LogP contribution in [0.2, 0.25) is 0 Å². The zero-order valence-corrected chi connectivity index (χ0v) is 18.5. The first-order valence-corrected chi connectivity index (χ1v) is 11.7. The first kappa shape index (κ1) is 19.9. The average molecular weight is 428 g/mol. The Bertz CT molecular complexity index is 1100. The largest absolute Gasteiger partial charge is 0.347 e. The Labute approximate surface area is 189 Å². The maximum Gasteiger partial charge on any atom is 0.227 e. The lowest BCUT2D eigenvalue weighted by Crippen LogP contribution is -2.57. The Balaban J connectivity index is 1.48. The minimum Gasteiger partial charge on any atom is -0.347 e. The van der Waals surface area contributed by atoms with E-state index < -0.39 is 5.79 Å². The van der Waals surface area contributed by atoms with Crippen molar-refractivity contribution in [1.82, 2.24) is 9.97 Å². The standard InChI is InChI=1S/C27H29N3O2/c1-19-23-13-12-20-18-28-25(29-22-10-6-3-7-11-22)30-24(20)26(23,21-8-4-2-5-9-21)14-15-27(19)31-16-17-32-27/h2-11,18-19,23H,12-17H2,1H3,(H,28,29,30)/t19-,23-,26?/m0/s1. The summed E-state index contributed by atoms with van der Waals surface area (Å²) in [5.74, 6) is 0.891. The summed E-state index contributed by atoms with van der Waals surface area (Å²) in [4.78, 5) is 9.86. The van der Waals surface area contributed by atoms with Crippen molar-refractivity contribution in [2.45, 2.75) is 43.8 Å². The third-order valence-electron chi connectivity index (χ3n) is 7.90. The van der Waals surface area contributed by atoms with E-state index in [2.05, 4.69) is 47.6 Å². The SMILES string of the molecule is C[C@H]1[C@@H]2CCc3cnc(Nc4ccccc4)nc3C2(c2ccccc2)CCC12OCCO2. The maximum absolute atomic E-state index is 6.25. The normalized spacial score (nSPS) is 28.2. The highest BCUT2D eigenvalue weighted by atomic mass is 16.7. The van der Waals surface area contributed by atoms with E-state index in [1.54, 1.807) is 0 Å².